The average molecular weight is 535 g/mol. The highest BCUT2D eigenvalue weighted by Gasteiger charge is 2.08. The minimum Gasteiger partial charge on any atom is -0.491 e. The highest BCUT2D eigenvalue weighted by molar-refractivity contribution is 5.89. The third-order valence-corrected chi connectivity index (χ3v) is 6.10. The Morgan fingerprint density at radius 1 is 0.737 bits per heavy atom. The lowest BCUT2D eigenvalue weighted by Crippen LogP contribution is -2.16. The zero-order valence-electron chi connectivity index (χ0n) is 23.4. The fraction of sp³-hybridized carbons (Fsp3) is 0.600. The number of carbonyl (C=O) groups excluding carboxylic acids is 2. The van der Waals surface area contributed by atoms with Crippen LogP contribution in [0.15, 0.2) is 36.4 Å². The molecule has 2 atom stereocenters. The molecule has 0 aliphatic carbocycles. The first-order chi connectivity index (χ1) is 18.3. The highest BCUT2D eigenvalue weighted by atomic mass is 16.5. The van der Waals surface area contributed by atoms with E-state index >= 15 is 0 Å². The van der Waals surface area contributed by atoms with Crippen LogP contribution in [0, 0.1) is 0 Å². The lowest BCUT2D eigenvalue weighted by Gasteiger charge is -2.14. The van der Waals surface area contributed by atoms with Gasteiger partial charge in [0, 0.05) is 18.2 Å². The topological polar surface area (TPSA) is 112 Å². The van der Waals surface area contributed by atoms with Crippen LogP contribution in [0.25, 0.3) is 10.8 Å². The van der Waals surface area contributed by atoms with Crippen LogP contribution in [0.2, 0.25) is 0 Å². The van der Waals surface area contributed by atoms with Gasteiger partial charge in [-0.1, -0.05) is 51.7 Å². The molecule has 0 aliphatic heterocycles. The van der Waals surface area contributed by atoms with Gasteiger partial charge in [0.2, 0.25) is 0 Å². The fourth-order valence-corrected chi connectivity index (χ4v) is 3.51. The normalized spacial score (nSPS) is 12.2. The number of benzene rings is 2. The highest BCUT2D eigenvalue weighted by Crippen LogP contribution is 2.29. The summed E-state index contributed by atoms with van der Waals surface area (Å²) in [6.45, 7) is 4.42. The van der Waals surface area contributed by atoms with E-state index in [0.29, 0.717) is 32.3 Å². The second kappa shape index (κ2) is 20.2. The predicted octanol–water partition coefficient (Wildman–Crippen LogP) is 5.59. The maximum Gasteiger partial charge on any atom is 0.305 e. The molecule has 8 nitrogen and oxygen atoms in total. The van der Waals surface area contributed by atoms with Crippen LogP contribution in [0.1, 0.15) is 78.1 Å². The van der Waals surface area contributed by atoms with Gasteiger partial charge in [-0.15, -0.1) is 0 Å². The maximum absolute atomic E-state index is 10.8. The molecular formula is C30H46O8. The van der Waals surface area contributed by atoms with Gasteiger partial charge in [0.05, 0.1) is 26.4 Å². The summed E-state index contributed by atoms with van der Waals surface area (Å²) in [7, 11) is 2.82. The lowest BCUT2D eigenvalue weighted by molar-refractivity contribution is -0.141. The minimum absolute atomic E-state index is 0.134. The van der Waals surface area contributed by atoms with Crippen molar-refractivity contribution in [3.8, 4) is 11.5 Å². The second-order valence-corrected chi connectivity index (χ2v) is 9.16. The molecule has 38 heavy (non-hydrogen) atoms. The smallest absolute Gasteiger partial charge is 0.305 e. The van der Waals surface area contributed by atoms with Gasteiger partial charge in [0.25, 0.3) is 0 Å². The van der Waals surface area contributed by atoms with Crippen LogP contribution in [0.3, 0.4) is 0 Å². The van der Waals surface area contributed by atoms with Gasteiger partial charge in [-0.25, -0.2) is 0 Å². The van der Waals surface area contributed by atoms with Crippen molar-refractivity contribution in [2.45, 2.75) is 90.3 Å². The number of carbonyl (C=O) groups is 2. The first-order valence-corrected chi connectivity index (χ1v) is 13.6. The van der Waals surface area contributed by atoms with Crippen molar-refractivity contribution in [1.82, 2.24) is 0 Å². The van der Waals surface area contributed by atoms with Crippen LogP contribution in [-0.2, 0) is 19.1 Å². The molecule has 8 heteroatoms. The minimum atomic E-state index is -0.451. The molecule has 0 aromatic heterocycles. The van der Waals surface area contributed by atoms with Crippen LogP contribution in [0.4, 0.5) is 0 Å². The molecule has 0 saturated heterocycles. The van der Waals surface area contributed by atoms with E-state index < -0.39 is 12.2 Å². The van der Waals surface area contributed by atoms with E-state index in [1.807, 2.05) is 50.2 Å². The first kappa shape index (κ1) is 33.2. The molecule has 0 amide bonds. The number of aliphatic hydroxyl groups is 2. The zero-order valence-corrected chi connectivity index (χ0v) is 23.4. The van der Waals surface area contributed by atoms with Crippen molar-refractivity contribution in [2.75, 3.05) is 27.4 Å². The van der Waals surface area contributed by atoms with Crippen molar-refractivity contribution < 1.29 is 38.7 Å². The molecule has 2 aromatic rings. The SMILES string of the molecule is CCC(O)COc1ccc2c(OCC(O)CC)cccc2c1.COC(=O)CCCCCCCCC(=O)OC. The molecule has 2 aromatic carbocycles. The number of aliphatic hydroxyl groups excluding tert-OH is 2. The number of unbranched alkanes of at least 4 members (excludes halogenated alkanes) is 5. The van der Waals surface area contributed by atoms with Crippen molar-refractivity contribution in [3.63, 3.8) is 0 Å². The van der Waals surface area contributed by atoms with Crippen LogP contribution >= 0.6 is 0 Å². The third kappa shape index (κ3) is 14.2. The Balaban J connectivity index is 0.000000403. The van der Waals surface area contributed by atoms with E-state index in [4.69, 9.17) is 9.47 Å². The Morgan fingerprint density at radius 2 is 1.26 bits per heavy atom. The summed E-state index contributed by atoms with van der Waals surface area (Å²) < 4.78 is 20.4. The summed E-state index contributed by atoms with van der Waals surface area (Å²) in [5.74, 6) is 1.22. The monoisotopic (exact) mass is 534 g/mol. The first-order valence-electron chi connectivity index (χ1n) is 13.6. The van der Waals surface area contributed by atoms with E-state index in [0.717, 1.165) is 60.8 Å². The third-order valence-electron chi connectivity index (χ3n) is 6.10. The summed E-state index contributed by atoms with van der Waals surface area (Å²) in [4.78, 5) is 21.6. The van der Waals surface area contributed by atoms with Gasteiger partial charge >= 0.3 is 11.9 Å². The number of rotatable bonds is 17. The molecule has 0 radical (unpaired) electrons. The molecule has 0 heterocycles. The molecule has 2 rings (SSSR count). The molecule has 214 valence electrons. The fourth-order valence-electron chi connectivity index (χ4n) is 3.51. The van der Waals surface area contributed by atoms with Gasteiger partial charge in [0.1, 0.15) is 24.7 Å². The van der Waals surface area contributed by atoms with Crippen molar-refractivity contribution >= 4 is 22.7 Å². The molecule has 0 spiro atoms. The Labute approximate surface area is 227 Å². The summed E-state index contributed by atoms with van der Waals surface area (Å²) in [6.07, 6.45) is 7.57. The molecule has 2 N–H and O–H groups in total. The van der Waals surface area contributed by atoms with Gasteiger partial charge in [-0.05, 0) is 55.3 Å². The summed E-state index contributed by atoms with van der Waals surface area (Å²) in [5.41, 5.74) is 0. The van der Waals surface area contributed by atoms with E-state index in [-0.39, 0.29) is 18.5 Å². The number of fused-ring (bicyclic) bond motifs is 1. The molecule has 2 unspecified atom stereocenters. The van der Waals surface area contributed by atoms with Gasteiger partial charge < -0.3 is 29.2 Å². The van der Waals surface area contributed by atoms with Gasteiger partial charge in [-0.2, -0.15) is 0 Å². The second-order valence-electron chi connectivity index (χ2n) is 9.16. The van der Waals surface area contributed by atoms with E-state index in [1.54, 1.807) is 0 Å². The number of hydrogen-bond donors (Lipinski definition) is 2. The van der Waals surface area contributed by atoms with Crippen LogP contribution in [0.5, 0.6) is 11.5 Å². The van der Waals surface area contributed by atoms with E-state index in [1.165, 1.54) is 14.2 Å². The number of methoxy groups -OCH3 is 2. The molecule has 0 bridgehead atoms. The summed E-state index contributed by atoms with van der Waals surface area (Å²) in [5, 5.41) is 21.2. The average Bonchev–Trinajstić information content (AvgIpc) is 2.95. The Morgan fingerprint density at radius 3 is 1.79 bits per heavy atom. The molecule has 0 saturated carbocycles. The number of hydrogen-bond acceptors (Lipinski definition) is 8. The largest absolute Gasteiger partial charge is 0.491 e. The van der Waals surface area contributed by atoms with Crippen molar-refractivity contribution in [1.29, 1.82) is 0 Å². The Bertz CT molecular complexity index is 908. The van der Waals surface area contributed by atoms with Crippen LogP contribution < -0.4 is 9.47 Å². The zero-order chi connectivity index (χ0) is 28.2. The van der Waals surface area contributed by atoms with Gasteiger partial charge in [-0.3, -0.25) is 9.59 Å². The molecule has 0 fully saturated rings. The molecule has 0 aliphatic rings. The Kier molecular flexibility index (Phi) is 17.6. The van der Waals surface area contributed by atoms with Gasteiger partial charge in [0.15, 0.2) is 0 Å². The Hall–Kier alpha value is -2.84. The van der Waals surface area contributed by atoms with Crippen molar-refractivity contribution in [2.24, 2.45) is 0 Å². The summed E-state index contributed by atoms with van der Waals surface area (Å²) in [6, 6.07) is 11.5. The standard InChI is InChI=1S/C18H24O4.C12H22O4/c1-3-14(19)11-21-16-8-9-17-13(10-16)6-5-7-18(17)22-12-15(20)4-2;1-15-11(13)9-7-5-3-4-6-8-10-12(14)16-2/h5-10,14-15,19-20H,3-4,11-12H2,1-2H3;3-10H2,1-2H3. The maximum atomic E-state index is 10.8. The van der Waals surface area contributed by atoms with E-state index in [9.17, 15) is 19.8 Å². The number of ether oxygens (including phenoxy) is 4. The van der Waals surface area contributed by atoms with E-state index in [2.05, 4.69) is 9.47 Å². The number of esters is 2. The van der Waals surface area contributed by atoms with Crippen molar-refractivity contribution in [3.05, 3.63) is 36.4 Å². The summed E-state index contributed by atoms with van der Waals surface area (Å²) >= 11 is 0. The predicted molar refractivity (Wildman–Crippen MR) is 149 cm³/mol. The lowest BCUT2D eigenvalue weighted by atomic mass is 10.1. The van der Waals surface area contributed by atoms with Crippen LogP contribution in [-0.4, -0.2) is 61.8 Å². The quantitative estimate of drug-likeness (QED) is 0.199. The molecular weight excluding hydrogens is 488 g/mol.